The Morgan fingerprint density at radius 2 is 1.64 bits per heavy atom. The topological polar surface area (TPSA) is 27.0 Å². The first-order valence-corrected chi connectivity index (χ1v) is 8.13. The zero-order valence-electron chi connectivity index (χ0n) is 12.9. The number of rotatable bonds is 5. The van der Waals surface area contributed by atoms with Crippen molar-refractivity contribution in [2.75, 3.05) is 11.4 Å². The van der Waals surface area contributed by atoms with Crippen molar-refractivity contribution in [2.24, 2.45) is 0 Å². The fourth-order valence-corrected chi connectivity index (χ4v) is 3.28. The molecule has 1 saturated heterocycles. The monoisotopic (exact) mass is 290 g/mol. The third-order valence-electron chi connectivity index (χ3n) is 4.52. The van der Waals surface area contributed by atoms with Gasteiger partial charge in [-0.2, -0.15) is 5.26 Å². The summed E-state index contributed by atoms with van der Waals surface area (Å²) >= 11 is 0. The zero-order valence-corrected chi connectivity index (χ0v) is 12.9. The first-order chi connectivity index (χ1) is 10.9. The maximum absolute atomic E-state index is 8.94. The third-order valence-corrected chi connectivity index (χ3v) is 4.52. The van der Waals surface area contributed by atoms with Gasteiger partial charge in [0, 0.05) is 18.3 Å². The maximum atomic E-state index is 8.94. The number of hydrogen-bond donors (Lipinski definition) is 0. The summed E-state index contributed by atoms with van der Waals surface area (Å²) in [6.45, 7) is 1.08. The van der Waals surface area contributed by atoms with Gasteiger partial charge in [0.15, 0.2) is 0 Å². The molecule has 0 unspecified atom stereocenters. The SMILES string of the molecule is N#CC[C@@H]1CCCN1c1ccc(CCc2ccccc2)cc1. The molecular formula is C20H22N2. The average Bonchev–Trinajstić information content (AvgIpc) is 3.03. The lowest BCUT2D eigenvalue weighted by Gasteiger charge is -2.25. The molecule has 2 aromatic carbocycles. The van der Waals surface area contributed by atoms with E-state index in [2.05, 4.69) is 65.6 Å². The van der Waals surface area contributed by atoms with Crippen LogP contribution in [0, 0.1) is 11.3 Å². The van der Waals surface area contributed by atoms with Gasteiger partial charge in [-0.15, -0.1) is 0 Å². The van der Waals surface area contributed by atoms with Gasteiger partial charge in [-0.3, -0.25) is 0 Å². The summed E-state index contributed by atoms with van der Waals surface area (Å²) in [6.07, 6.45) is 5.13. The van der Waals surface area contributed by atoms with Gasteiger partial charge in [0.25, 0.3) is 0 Å². The van der Waals surface area contributed by atoms with Crippen LogP contribution in [0.1, 0.15) is 30.4 Å². The fraction of sp³-hybridized carbons (Fsp3) is 0.350. The molecule has 0 radical (unpaired) electrons. The Hall–Kier alpha value is -2.27. The molecule has 3 rings (SSSR count). The van der Waals surface area contributed by atoms with Crippen molar-refractivity contribution in [1.29, 1.82) is 5.26 Å². The molecule has 22 heavy (non-hydrogen) atoms. The van der Waals surface area contributed by atoms with Crippen molar-refractivity contribution >= 4 is 5.69 Å². The van der Waals surface area contributed by atoms with Crippen molar-refractivity contribution in [3.05, 3.63) is 65.7 Å². The van der Waals surface area contributed by atoms with Crippen LogP contribution in [0.15, 0.2) is 54.6 Å². The van der Waals surface area contributed by atoms with Crippen molar-refractivity contribution in [2.45, 2.75) is 38.1 Å². The minimum Gasteiger partial charge on any atom is -0.368 e. The smallest absolute Gasteiger partial charge is 0.0643 e. The number of benzene rings is 2. The minimum atomic E-state index is 0.403. The molecule has 0 N–H and O–H groups in total. The van der Waals surface area contributed by atoms with Crippen LogP contribution in [0.2, 0.25) is 0 Å². The summed E-state index contributed by atoms with van der Waals surface area (Å²) < 4.78 is 0. The first kappa shape index (κ1) is 14.7. The number of hydrogen-bond acceptors (Lipinski definition) is 2. The summed E-state index contributed by atoms with van der Waals surface area (Å²) in [6, 6.07) is 22.3. The van der Waals surface area contributed by atoms with Crippen LogP contribution >= 0.6 is 0 Å². The van der Waals surface area contributed by atoms with Crippen molar-refractivity contribution in [3.63, 3.8) is 0 Å². The number of nitriles is 1. The third kappa shape index (κ3) is 3.49. The first-order valence-electron chi connectivity index (χ1n) is 8.13. The van der Waals surface area contributed by atoms with Crippen LogP contribution in [0.5, 0.6) is 0 Å². The molecule has 0 bridgehead atoms. The summed E-state index contributed by atoms with van der Waals surface area (Å²) in [7, 11) is 0. The van der Waals surface area contributed by atoms with E-state index in [-0.39, 0.29) is 0 Å². The highest BCUT2D eigenvalue weighted by Crippen LogP contribution is 2.27. The van der Waals surface area contributed by atoms with Crippen LogP contribution in [-0.2, 0) is 12.8 Å². The number of aryl methyl sites for hydroxylation is 2. The highest BCUT2D eigenvalue weighted by atomic mass is 15.2. The summed E-state index contributed by atoms with van der Waals surface area (Å²) in [4.78, 5) is 2.39. The minimum absolute atomic E-state index is 0.403. The van der Waals surface area contributed by atoms with E-state index in [4.69, 9.17) is 5.26 Å². The van der Waals surface area contributed by atoms with Gasteiger partial charge in [0.2, 0.25) is 0 Å². The Kier molecular flexibility index (Phi) is 4.75. The molecule has 1 aliphatic rings. The molecule has 2 heteroatoms. The van der Waals surface area contributed by atoms with Crippen molar-refractivity contribution in [1.82, 2.24) is 0 Å². The van der Waals surface area contributed by atoms with Gasteiger partial charge >= 0.3 is 0 Å². The Morgan fingerprint density at radius 3 is 2.32 bits per heavy atom. The van der Waals surface area contributed by atoms with E-state index in [1.165, 1.54) is 23.2 Å². The number of anilines is 1. The average molecular weight is 290 g/mol. The second kappa shape index (κ2) is 7.13. The van der Waals surface area contributed by atoms with Gasteiger partial charge < -0.3 is 4.90 Å². The molecule has 0 aliphatic carbocycles. The second-order valence-corrected chi connectivity index (χ2v) is 6.00. The van der Waals surface area contributed by atoms with E-state index in [0.29, 0.717) is 12.5 Å². The van der Waals surface area contributed by atoms with Gasteiger partial charge in [0.1, 0.15) is 0 Å². The molecule has 0 saturated carbocycles. The lowest BCUT2D eigenvalue weighted by molar-refractivity contribution is 0.683. The molecule has 1 heterocycles. The molecule has 0 spiro atoms. The zero-order chi connectivity index (χ0) is 15.2. The van der Waals surface area contributed by atoms with E-state index in [1.807, 2.05) is 0 Å². The van der Waals surface area contributed by atoms with Crippen molar-refractivity contribution in [3.8, 4) is 6.07 Å². The fourth-order valence-electron chi connectivity index (χ4n) is 3.28. The van der Waals surface area contributed by atoms with Gasteiger partial charge in [-0.1, -0.05) is 42.5 Å². The standard InChI is InChI=1S/C20H22N2/c21-15-14-19-7-4-16-22(19)20-12-10-18(11-13-20)9-8-17-5-2-1-3-6-17/h1-3,5-6,10-13,19H,4,7-9,14,16H2/t19-/m0/s1. The van der Waals surface area contributed by atoms with E-state index in [0.717, 1.165) is 25.8 Å². The van der Waals surface area contributed by atoms with Crippen LogP contribution < -0.4 is 4.90 Å². The van der Waals surface area contributed by atoms with Crippen molar-refractivity contribution < 1.29 is 0 Å². The van der Waals surface area contributed by atoms with Crippen LogP contribution in [-0.4, -0.2) is 12.6 Å². The van der Waals surface area contributed by atoms with Gasteiger partial charge in [-0.05, 0) is 48.9 Å². The van der Waals surface area contributed by atoms with Crippen LogP contribution in [0.3, 0.4) is 0 Å². The Bertz CT molecular complexity index is 625. The molecule has 2 nitrogen and oxygen atoms in total. The highest BCUT2D eigenvalue weighted by Gasteiger charge is 2.24. The lowest BCUT2D eigenvalue weighted by atomic mass is 10.0. The molecule has 1 fully saturated rings. The predicted molar refractivity (Wildman–Crippen MR) is 90.9 cm³/mol. The summed E-state index contributed by atoms with van der Waals surface area (Å²) in [5.41, 5.74) is 4.03. The molecule has 0 aromatic heterocycles. The Labute approximate surface area is 133 Å². The van der Waals surface area contributed by atoms with E-state index in [1.54, 1.807) is 0 Å². The molecular weight excluding hydrogens is 268 g/mol. The molecule has 1 aliphatic heterocycles. The lowest BCUT2D eigenvalue weighted by Crippen LogP contribution is -2.28. The van der Waals surface area contributed by atoms with E-state index >= 15 is 0 Å². The summed E-state index contributed by atoms with van der Waals surface area (Å²) in [5, 5.41) is 8.94. The van der Waals surface area contributed by atoms with E-state index < -0.39 is 0 Å². The molecule has 1 atom stereocenters. The van der Waals surface area contributed by atoms with Crippen LogP contribution in [0.25, 0.3) is 0 Å². The van der Waals surface area contributed by atoms with Gasteiger partial charge in [0.05, 0.1) is 12.5 Å². The maximum Gasteiger partial charge on any atom is 0.0643 e. The normalized spacial score (nSPS) is 17.4. The quantitative estimate of drug-likeness (QED) is 0.818. The van der Waals surface area contributed by atoms with Gasteiger partial charge in [-0.25, -0.2) is 0 Å². The summed E-state index contributed by atoms with van der Waals surface area (Å²) in [5.74, 6) is 0. The Morgan fingerprint density at radius 1 is 0.955 bits per heavy atom. The second-order valence-electron chi connectivity index (χ2n) is 6.00. The number of nitrogens with zero attached hydrogens (tertiary/aromatic N) is 2. The molecule has 0 amide bonds. The largest absolute Gasteiger partial charge is 0.368 e. The predicted octanol–water partition coefficient (Wildman–Crippen LogP) is 4.35. The van der Waals surface area contributed by atoms with E-state index in [9.17, 15) is 0 Å². The van der Waals surface area contributed by atoms with Crippen LogP contribution in [0.4, 0.5) is 5.69 Å². The Balaban J connectivity index is 1.62. The molecule has 112 valence electrons. The molecule has 2 aromatic rings. The highest BCUT2D eigenvalue weighted by molar-refractivity contribution is 5.49.